The van der Waals surface area contributed by atoms with E-state index in [1.54, 1.807) is 0 Å². The maximum absolute atomic E-state index is 13.7. The summed E-state index contributed by atoms with van der Waals surface area (Å²) in [5, 5.41) is 0. The summed E-state index contributed by atoms with van der Waals surface area (Å²) in [5.74, 6) is -0.815. The highest BCUT2D eigenvalue weighted by atomic mass is 32.2. The molecule has 6 heteroatoms. The van der Waals surface area contributed by atoms with Crippen molar-refractivity contribution in [1.82, 2.24) is 4.72 Å². The number of nitrogens with one attached hydrogen (secondary N) is 1. The van der Waals surface area contributed by atoms with E-state index in [0.29, 0.717) is 0 Å². The Balaban J connectivity index is 2.19. The van der Waals surface area contributed by atoms with E-state index in [1.165, 1.54) is 12.1 Å². The van der Waals surface area contributed by atoms with Gasteiger partial charge in [-0.1, -0.05) is 13.8 Å². The molecular formula is C13H19FN2O2S. The second-order valence-electron chi connectivity index (χ2n) is 5.92. The van der Waals surface area contributed by atoms with Crippen molar-refractivity contribution in [1.29, 1.82) is 0 Å². The molecule has 0 aliphatic heterocycles. The van der Waals surface area contributed by atoms with Gasteiger partial charge in [0.1, 0.15) is 10.7 Å². The first-order valence-electron chi connectivity index (χ1n) is 6.27. The zero-order valence-corrected chi connectivity index (χ0v) is 11.9. The number of nitrogens with two attached hydrogens (primary N) is 1. The molecule has 1 aliphatic carbocycles. The fourth-order valence-electron chi connectivity index (χ4n) is 2.55. The monoisotopic (exact) mass is 286 g/mol. The minimum Gasteiger partial charge on any atom is -0.399 e. The number of anilines is 1. The van der Waals surface area contributed by atoms with Gasteiger partial charge < -0.3 is 5.73 Å². The topological polar surface area (TPSA) is 72.2 Å². The average molecular weight is 286 g/mol. The fraction of sp³-hybridized carbons (Fsp3) is 0.538. The van der Waals surface area contributed by atoms with Crippen LogP contribution < -0.4 is 10.5 Å². The molecule has 1 atom stereocenters. The molecule has 0 spiro atoms. The molecule has 1 fully saturated rings. The maximum atomic E-state index is 13.7. The molecule has 2 rings (SSSR count). The summed E-state index contributed by atoms with van der Waals surface area (Å²) in [7, 11) is -3.82. The van der Waals surface area contributed by atoms with Gasteiger partial charge >= 0.3 is 0 Å². The number of sulfonamides is 1. The number of nitrogen functional groups attached to an aromatic ring is 1. The number of benzene rings is 1. The van der Waals surface area contributed by atoms with Gasteiger partial charge in [0.05, 0.1) is 0 Å². The van der Waals surface area contributed by atoms with Crippen molar-refractivity contribution in [2.75, 3.05) is 5.73 Å². The molecule has 1 saturated carbocycles. The first kappa shape index (κ1) is 14.3. The van der Waals surface area contributed by atoms with Crippen molar-refractivity contribution < 1.29 is 12.8 Å². The third kappa shape index (κ3) is 3.25. The molecular weight excluding hydrogens is 267 g/mol. The molecule has 19 heavy (non-hydrogen) atoms. The van der Waals surface area contributed by atoms with Crippen LogP contribution in [0.25, 0.3) is 0 Å². The lowest BCUT2D eigenvalue weighted by atomic mass is 9.92. The SMILES string of the molecule is CC1(C)CCC(NS(=O)(=O)c2ccc(N)cc2F)C1. The fourth-order valence-corrected chi connectivity index (χ4v) is 3.88. The molecule has 0 aromatic heterocycles. The van der Waals surface area contributed by atoms with Gasteiger partial charge in [0, 0.05) is 11.7 Å². The van der Waals surface area contributed by atoms with Gasteiger partial charge in [-0.05, 0) is 42.9 Å². The lowest BCUT2D eigenvalue weighted by Gasteiger charge is -2.18. The predicted octanol–water partition coefficient (Wildman–Crippen LogP) is 2.26. The van der Waals surface area contributed by atoms with Gasteiger partial charge in [-0.2, -0.15) is 0 Å². The smallest absolute Gasteiger partial charge is 0.243 e. The van der Waals surface area contributed by atoms with Gasteiger partial charge in [-0.25, -0.2) is 17.5 Å². The Morgan fingerprint density at radius 1 is 1.42 bits per heavy atom. The number of hydrogen-bond acceptors (Lipinski definition) is 3. The molecule has 1 aliphatic rings. The Morgan fingerprint density at radius 2 is 2.11 bits per heavy atom. The molecule has 1 aromatic rings. The summed E-state index contributed by atoms with van der Waals surface area (Å²) < 4.78 is 40.5. The Bertz CT molecular complexity index is 584. The van der Waals surface area contributed by atoms with E-state index in [-0.39, 0.29) is 22.0 Å². The third-order valence-electron chi connectivity index (χ3n) is 3.54. The van der Waals surface area contributed by atoms with Crippen molar-refractivity contribution in [3.63, 3.8) is 0 Å². The standard InChI is InChI=1S/C13H19FN2O2S/c1-13(2)6-5-10(8-13)16-19(17,18)12-4-3-9(15)7-11(12)14/h3-4,7,10,16H,5-6,8,15H2,1-2H3. The minimum absolute atomic E-state index is 0.128. The van der Waals surface area contributed by atoms with Gasteiger partial charge in [0.2, 0.25) is 10.0 Å². The molecule has 3 N–H and O–H groups in total. The average Bonchev–Trinajstić information content (AvgIpc) is 2.56. The van der Waals surface area contributed by atoms with E-state index in [4.69, 9.17) is 5.73 Å². The number of halogens is 1. The molecule has 0 heterocycles. The summed E-state index contributed by atoms with van der Waals surface area (Å²) in [5.41, 5.74) is 5.75. The molecule has 106 valence electrons. The van der Waals surface area contributed by atoms with E-state index in [2.05, 4.69) is 18.6 Å². The third-order valence-corrected chi connectivity index (χ3v) is 5.09. The highest BCUT2D eigenvalue weighted by Crippen LogP contribution is 2.37. The van der Waals surface area contributed by atoms with E-state index in [1.807, 2.05) is 0 Å². The summed E-state index contributed by atoms with van der Waals surface area (Å²) in [4.78, 5) is -0.341. The van der Waals surface area contributed by atoms with Crippen molar-refractivity contribution in [3.05, 3.63) is 24.0 Å². The molecule has 0 bridgehead atoms. The first-order chi connectivity index (χ1) is 8.70. The van der Waals surface area contributed by atoms with Crippen molar-refractivity contribution in [2.24, 2.45) is 5.41 Å². The normalized spacial score (nSPS) is 22.6. The molecule has 1 aromatic carbocycles. The summed E-state index contributed by atoms with van der Waals surface area (Å²) in [6.07, 6.45) is 2.51. The summed E-state index contributed by atoms with van der Waals surface area (Å²) in [6, 6.07) is 3.48. The lowest BCUT2D eigenvalue weighted by molar-refractivity contribution is 0.372. The predicted molar refractivity (Wildman–Crippen MR) is 72.6 cm³/mol. The molecule has 0 radical (unpaired) electrons. The van der Waals surface area contributed by atoms with E-state index >= 15 is 0 Å². The Labute approximate surface area is 113 Å². The second kappa shape index (κ2) is 4.76. The van der Waals surface area contributed by atoms with Crippen LogP contribution in [-0.4, -0.2) is 14.5 Å². The Kier molecular flexibility index (Phi) is 3.57. The first-order valence-corrected chi connectivity index (χ1v) is 7.75. The highest BCUT2D eigenvalue weighted by molar-refractivity contribution is 7.89. The largest absolute Gasteiger partial charge is 0.399 e. The van der Waals surface area contributed by atoms with Crippen LogP contribution in [0.15, 0.2) is 23.1 Å². The molecule has 0 amide bonds. The van der Waals surface area contributed by atoms with Crippen LogP contribution in [0.1, 0.15) is 33.1 Å². The molecule has 1 unspecified atom stereocenters. The van der Waals surface area contributed by atoms with Crippen molar-refractivity contribution in [3.8, 4) is 0 Å². The Morgan fingerprint density at radius 3 is 2.63 bits per heavy atom. The maximum Gasteiger partial charge on any atom is 0.243 e. The van der Waals surface area contributed by atoms with Gasteiger partial charge in [-0.15, -0.1) is 0 Å². The van der Waals surface area contributed by atoms with E-state index < -0.39 is 15.8 Å². The van der Waals surface area contributed by atoms with Crippen molar-refractivity contribution in [2.45, 2.75) is 44.0 Å². The van der Waals surface area contributed by atoms with Crippen LogP contribution >= 0.6 is 0 Å². The van der Waals surface area contributed by atoms with Crippen molar-refractivity contribution >= 4 is 15.7 Å². The molecule has 4 nitrogen and oxygen atoms in total. The summed E-state index contributed by atoms with van der Waals surface area (Å²) in [6.45, 7) is 4.20. The van der Waals surface area contributed by atoms with E-state index in [0.717, 1.165) is 25.3 Å². The number of rotatable bonds is 3. The highest BCUT2D eigenvalue weighted by Gasteiger charge is 2.34. The van der Waals surface area contributed by atoms with E-state index in [9.17, 15) is 12.8 Å². The summed E-state index contributed by atoms with van der Waals surface area (Å²) >= 11 is 0. The zero-order chi connectivity index (χ0) is 14.3. The zero-order valence-electron chi connectivity index (χ0n) is 11.1. The van der Waals surface area contributed by atoms with Crippen LogP contribution in [0.4, 0.5) is 10.1 Å². The van der Waals surface area contributed by atoms with Crippen LogP contribution in [0.5, 0.6) is 0 Å². The van der Waals surface area contributed by atoms with Gasteiger partial charge in [0.15, 0.2) is 0 Å². The quantitative estimate of drug-likeness (QED) is 0.837. The molecule has 0 saturated heterocycles. The van der Waals surface area contributed by atoms with Crippen LogP contribution in [0, 0.1) is 11.2 Å². The van der Waals surface area contributed by atoms with Crippen LogP contribution in [-0.2, 0) is 10.0 Å². The number of hydrogen-bond donors (Lipinski definition) is 2. The second-order valence-corrected chi connectivity index (χ2v) is 7.60. The Hall–Kier alpha value is -1.14. The van der Waals surface area contributed by atoms with Crippen LogP contribution in [0.2, 0.25) is 0 Å². The lowest BCUT2D eigenvalue weighted by Crippen LogP contribution is -2.34. The minimum atomic E-state index is -3.82. The van der Waals surface area contributed by atoms with Gasteiger partial charge in [0.25, 0.3) is 0 Å². The van der Waals surface area contributed by atoms with Crippen LogP contribution in [0.3, 0.4) is 0 Å². The van der Waals surface area contributed by atoms with Gasteiger partial charge in [-0.3, -0.25) is 0 Å².